The van der Waals surface area contributed by atoms with Gasteiger partial charge >= 0.3 is 5.97 Å². The first-order valence-corrected chi connectivity index (χ1v) is 8.43. The van der Waals surface area contributed by atoms with E-state index >= 15 is 0 Å². The molecule has 25 heavy (non-hydrogen) atoms. The molecule has 1 aliphatic rings. The summed E-state index contributed by atoms with van der Waals surface area (Å²) in [5, 5.41) is 9.49. The van der Waals surface area contributed by atoms with E-state index in [1.54, 1.807) is 18.2 Å². The Kier molecular flexibility index (Phi) is 5.36. The molecule has 5 heteroatoms. The molecule has 1 saturated heterocycles. The summed E-state index contributed by atoms with van der Waals surface area (Å²) in [6.45, 7) is 5.61. The van der Waals surface area contributed by atoms with Crippen LogP contribution in [0.4, 0.5) is 0 Å². The van der Waals surface area contributed by atoms with E-state index in [4.69, 9.17) is 9.47 Å². The summed E-state index contributed by atoms with van der Waals surface area (Å²) in [6.07, 6.45) is 0. The Morgan fingerprint density at radius 2 is 1.84 bits per heavy atom. The molecule has 0 aliphatic carbocycles. The van der Waals surface area contributed by atoms with Gasteiger partial charge in [0, 0.05) is 19.1 Å². The van der Waals surface area contributed by atoms with Crippen LogP contribution in [-0.4, -0.2) is 49.4 Å². The molecular formula is C20H23NO4. The van der Waals surface area contributed by atoms with Crippen LogP contribution in [-0.2, 0) is 4.74 Å². The molecule has 0 spiro atoms. The zero-order valence-electron chi connectivity index (χ0n) is 14.6. The summed E-state index contributed by atoms with van der Waals surface area (Å²) < 4.78 is 10.5. The van der Waals surface area contributed by atoms with Gasteiger partial charge in [-0.05, 0) is 41.8 Å². The average molecular weight is 341 g/mol. The third-order valence-corrected chi connectivity index (χ3v) is 4.75. The van der Waals surface area contributed by atoms with Gasteiger partial charge in [-0.1, -0.05) is 24.3 Å². The Labute approximate surface area is 147 Å². The van der Waals surface area contributed by atoms with Gasteiger partial charge in [-0.25, -0.2) is 4.79 Å². The molecule has 0 bridgehead atoms. The first-order chi connectivity index (χ1) is 12.1. The summed E-state index contributed by atoms with van der Waals surface area (Å²) >= 11 is 0. The van der Waals surface area contributed by atoms with Crippen molar-refractivity contribution in [2.45, 2.75) is 13.0 Å². The number of nitrogens with zero attached hydrogens (tertiary/aromatic N) is 1. The van der Waals surface area contributed by atoms with Gasteiger partial charge in [0.05, 0.1) is 25.9 Å². The smallest absolute Gasteiger partial charge is 0.336 e. The zero-order chi connectivity index (χ0) is 17.8. The van der Waals surface area contributed by atoms with Gasteiger partial charge in [-0.3, -0.25) is 4.90 Å². The molecule has 1 heterocycles. The minimum absolute atomic E-state index is 0.244. The van der Waals surface area contributed by atoms with Crippen LogP contribution in [0.15, 0.2) is 42.5 Å². The minimum Gasteiger partial charge on any atom is -0.497 e. The van der Waals surface area contributed by atoms with E-state index in [1.807, 2.05) is 12.1 Å². The molecule has 1 N–H and O–H groups in total. The van der Waals surface area contributed by atoms with Gasteiger partial charge < -0.3 is 14.6 Å². The maximum atomic E-state index is 11.6. The molecule has 1 atom stereocenters. The van der Waals surface area contributed by atoms with Crippen LogP contribution in [0.5, 0.6) is 5.75 Å². The number of methoxy groups -OCH3 is 1. The van der Waals surface area contributed by atoms with Crippen molar-refractivity contribution in [2.24, 2.45) is 0 Å². The molecule has 0 radical (unpaired) electrons. The van der Waals surface area contributed by atoms with Crippen LogP contribution in [0, 0.1) is 0 Å². The maximum Gasteiger partial charge on any atom is 0.336 e. The lowest BCUT2D eigenvalue weighted by Gasteiger charge is -2.32. The van der Waals surface area contributed by atoms with Gasteiger partial charge in [0.1, 0.15) is 5.75 Å². The normalized spacial score (nSPS) is 16.4. The van der Waals surface area contributed by atoms with E-state index in [0.717, 1.165) is 31.9 Å². The summed E-state index contributed by atoms with van der Waals surface area (Å²) in [7, 11) is 1.53. The monoisotopic (exact) mass is 341 g/mol. The number of ether oxygens (including phenoxy) is 2. The highest BCUT2D eigenvalue weighted by atomic mass is 16.5. The number of carboxylic acids is 1. The first kappa shape index (κ1) is 17.5. The van der Waals surface area contributed by atoms with Gasteiger partial charge in [0.2, 0.25) is 0 Å². The van der Waals surface area contributed by atoms with Crippen LogP contribution in [0.1, 0.15) is 28.9 Å². The second kappa shape index (κ2) is 7.68. The molecule has 0 unspecified atom stereocenters. The highest BCUT2D eigenvalue weighted by Crippen LogP contribution is 2.29. The van der Waals surface area contributed by atoms with E-state index in [1.165, 1.54) is 12.7 Å². The zero-order valence-corrected chi connectivity index (χ0v) is 14.6. The number of rotatable bonds is 5. The second-order valence-corrected chi connectivity index (χ2v) is 6.16. The van der Waals surface area contributed by atoms with Crippen molar-refractivity contribution in [3.8, 4) is 16.9 Å². The number of morpholine rings is 1. The highest BCUT2D eigenvalue weighted by Gasteiger charge is 2.19. The van der Waals surface area contributed by atoms with E-state index in [2.05, 4.69) is 24.0 Å². The van der Waals surface area contributed by atoms with Gasteiger partial charge in [0.25, 0.3) is 0 Å². The summed E-state index contributed by atoms with van der Waals surface area (Å²) in [4.78, 5) is 14.0. The minimum atomic E-state index is -0.959. The fourth-order valence-corrected chi connectivity index (χ4v) is 3.20. The summed E-state index contributed by atoms with van der Waals surface area (Å²) in [5.41, 5.74) is 3.04. The highest BCUT2D eigenvalue weighted by molar-refractivity contribution is 5.96. The van der Waals surface area contributed by atoms with Crippen molar-refractivity contribution in [3.63, 3.8) is 0 Å². The first-order valence-electron chi connectivity index (χ1n) is 8.43. The lowest BCUT2D eigenvalue weighted by atomic mass is 9.96. The van der Waals surface area contributed by atoms with Crippen LogP contribution in [0.2, 0.25) is 0 Å². The molecule has 0 amide bonds. The third-order valence-electron chi connectivity index (χ3n) is 4.75. The predicted octanol–water partition coefficient (Wildman–Crippen LogP) is 3.45. The fraction of sp³-hybridized carbons (Fsp3) is 0.350. The molecule has 3 rings (SSSR count). The van der Waals surface area contributed by atoms with Gasteiger partial charge in [-0.15, -0.1) is 0 Å². The predicted molar refractivity (Wildman–Crippen MR) is 96.2 cm³/mol. The third kappa shape index (κ3) is 3.83. The lowest BCUT2D eigenvalue weighted by molar-refractivity contribution is 0.0198. The van der Waals surface area contributed by atoms with E-state index < -0.39 is 5.97 Å². The van der Waals surface area contributed by atoms with Crippen molar-refractivity contribution in [3.05, 3.63) is 53.6 Å². The largest absolute Gasteiger partial charge is 0.497 e. The van der Waals surface area contributed by atoms with E-state index in [9.17, 15) is 9.90 Å². The standard InChI is InChI=1S/C20H23NO4/c1-14(21-9-11-25-12-10-21)15-3-5-16(6-4-15)18-8-7-17(24-2)13-19(18)20(22)23/h3-8,13-14H,9-12H2,1-2H3,(H,22,23)/t14-/m0/s1. The van der Waals surface area contributed by atoms with E-state index in [0.29, 0.717) is 17.4 Å². The topological polar surface area (TPSA) is 59.0 Å². The van der Waals surface area contributed by atoms with Crippen LogP contribution >= 0.6 is 0 Å². The molecule has 5 nitrogen and oxygen atoms in total. The van der Waals surface area contributed by atoms with Crippen molar-refractivity contribution >= 4 is 5.97 Å². The number of hydrogen-bond acceptors (Lipinski definition) is 4. The number of benzene rings is 2. The van der Waals surface area contributed by atoms with Crippen molar-refractivity contribution in [1.82, 2.24) is 4.90 Å². The number of carbonyl (C=O) groups is 1. The molecule has 0 aromatic heterocycles. The van der Waals surface area contributed by atoms with E-state index in [-0.39, 0.29) is 5.56 Å². The Morgan fingerprint density at radius 3 is 2.44 bits per heavy atom. The summed E-state index contributed by atoms with van der Waals surface area (Å²) in [5.74, 6) is -0.418. The average Bonchev–Trinajstić information content (AvgIpc) is 2.67. The SMILES string of the molecule is COc1ccc(-c2ccc([C@H](C)N3CCOCC3)cc2)c(C(=O)O)c1. The molecular weight excluding hydrogens is 318 g/mol. The van der Waals surface area contributed by atoms with Crippen molar-refractivity contribution < 1.29 is 19.4 Å². The van der Waals surface area contributed by atoms with Crippen molar-refractivity contribution in [1.29, 1.82) is 0 Å². The van der Waals surface area contributed by atoms with Crippen LogP contribution < -0.4 is 4.74 Å². The van der Waals surface area contributed by atoms with Crippen molar-refractivity contribution in [2.75, 3.05) is 33.4 Å². The fourth-order valence-electron chi connectivity index (χ4n) is 3.20. The Bertz CT molecular complexity index is 736. The Morgan fingerprint density at radius 1 is 1.16 bits per heavy atom. The molecule has 2 aromatic rings. The Balaban J connectivity index is 1.86. The number of carboxylic acid groups (broad SMARTS) is 1. The van der Waals surface area contributed by atoms with Crippen LogP contribution in [0.25, 0.3) is 11.1 Å². The quantitative estimate of drug-likeness (QED) is 0.902. The van der Waals surface area contributed by atoms with Gasteiger partial charge in [0.15, 0.2) is 0 Å². The number of aromatic carboxylic acids is 1. The second-order valence-electron chi connectivity index (χ2n) is 6.16. The molecule has 1 fully saturated rings. The molecule has 2 aromatic carbocycles. The van der Waals surface area contributed by atoms with Gasteiger partial charge in [-0.2, -0.15) is 0 Å². The molecule has 132 valence electrons. The molecule has 1 aliphatic heterocycles. The maximum absolute atomic E-state index is 11.6. The Hall–Kier alpha value is -2.37. The lowest BCUT2D eigenvalue weighted by Crippen LogP contribution is -2.37. The number of hydrogen-bond donors (Lipinski definition) is 1. The van der Waals surface area contributed by atoms with Crippen LogP contribution in [0.3, 0.4) is 0 Å². The molecule has 0 saturated carbocycles. The summed E-state index contributed by atoms with van der Waals surface area (Å²) in [6, 6.07) is 13.6.